The number of anilines is 1. The minimum atomic E-state index is -3.60. The number of halogens is 1. The molecule has 3 rings (SSSR count). The van der Waals surface area contributed by atoms with E-state index in [2.05, 4.69) is 5.32 Å². The molecule has 1 unspecified atom stereocenters. The molecule has 2 aromatic rings. The van der Waals surface area contributed by atoms with Crippen LogP contribution in [0.25, 0.3) is 0 Å². The number of amides is 1. The number of nitrogens with zero attached hydrogens (tertiary/aromatic N) is 1. The van der Waals surface area contributed by atoms with Crippen molar-refractivity contribution in [3.63, 3.8) is 0 Å². The van der Waals surface area contributed by atoms with E-state index in [0.717, 1.165) is 0 Å². The zero-order valence-electron chi connectivity index (χ0n) is 14.9. The third-order valence-electron chi connectivity index (χ3n) is 4.56. The van der Waals surface area contributed by atoms with E-state index in [9.17, 15) is 13.2 Å². The highest BCUT2D eigenvalue weighted by Gasteiger charge is 2.33. The first-order valence-electron chi connectivity index (χ1n) is 8.61. The predicted molar refractivity (Wildman–Crippen MR) is 105 cm³/mol. The van der Waals surface area contributed by atoms with E-state index in [-0.39, 0.29) is 17.3 Å². The lowest BCUT2D eigenvalue weighted by molar-refractivity contribution is -0.120. The summed E-state index contributed by atoms with van der Waals surface area (Å²) in [5.74, 6) is -0.116. The third-order valence-corrected chi connectivity index (χ3v) is 6.73. The second-order valence-corrected chi connectivity index (χ2v) is 8.70. The maximum atomic E-state index is 12.8. The molecular weight excluding hydrogens is 388 g/mol. The molecule has 1 aliphatic heterocycles. The van der Waals surface area contributed by atoms with E-state index in [4.69, 9.17) is 16.3 Å². The Morgan fingerprint density at radius 1 is 1.22 bits per heavy atom. The summed E-state index contributed by atoms with van der Waals surface area (Å²) in [5, 5.41) is 3.21. The standard InChI is InChI=1S/C19H21ClN2O4S/c1-26-18-10-9-15(12-17(18)20)21-19(23)14-6-5-11-22(13-14)27(24,25)16-7-3-2-4-8-16/h2-4,7-10,12,14H,5-6,11,13H2,1H3,(H,21,23). The van der Waals surface area contributed by atoms with Crippen molar-refractivity contribution in [2.75, 3.05) is 25.5 Å². The molecule has 1 heterocycles. The summed E-state index contributed by atoms with van der Waals surface area (Å²) in [7, 11) is -2.08. The Bertz CT molecular complexity index is 919. The normalized spacial score (nSPS) is 18.1. The number of ether oxygens (including phenoxy) is 1. The van der Waals surface area contributed by atoms with Crippen LogP contribution in [0.2, 0.25) is 5.02 Å². The number of benzene rings is 2. The summed E-state index contributed by atoms with van der Waals surface area (Å²) in [6.07, 6.45) is 1.27. The van der Waals surface area contributed by atoms with E-state index in [1.165, 1.54) is 11.4 Å². The molecule has 6 nitrogen and oxygen atoms in total. The maximum absolute atomic E-state index is 12.8. The van der Waals surface area contributed by atoms with Crippen LogP contribution in [0.15, 0.2) is 53.4 Å². The molecule has 1 atom stereocenters. The molecule has 1 saturated heterocycles. The second kappa shape index (κ2) is 8.29. The zero-order valence-corrected chi connectivity index (χ0v) is 16.5. The van der Waals surface area contributed by atoms with Gasteiger partial charge in [-0.15, -0.1) is 0 Å². The zero-order chi connectivity index (χ0) is 19.4. The van der Waals surface area contributed by atoms with Crippen LogP contribution in [0, 0.1) is 5.92 Å². The lowest BCUT2D eigenvalue weighted by atomic mass is 9.98. The molecule has 0 aliphatic carbocycles. The van der Waals surface area contributed by atoms with Crippen LogP contribution in [0.4, 0.5) is 5.69 Å². The Morgan fingerprint density at radius 3 is 2.63 bits per heavy atom. The summed E-state index contributed by atoms with van der Waals surface area (Å²) < 4.78 is 32.1. The summed E-state index contributed by atoms with van der Waals surface area (Å²) >= 11 is 6.09. The molecule has 8 heteroatoms. The number of hydrogen-bond acceptors (Lipinski definition) is 4. The fourth-order valence-electron chi connectivity index (χ4n) is 3.10. The van der Waals surface area contributed by atoms with Gasteiger partial charge in [-0.25, -0.2) is 8.42 Å². The minimum Gasteiger partial charge on any atom is -0.495 e. The number of carbonyl (C=O) groups excluding carboxylic acids is 1. The van der Waals surface area contributed by atoms with Gasteiger partial charge in [0.15, 0.2) is 0 Å². The average molecular weight is 409 g/mol. The molecule has 1 fully saturated rings. The molecule has 1 amide bonds. The van der Waals surface area contributed by atoms with Crippen LogP contribution in [-0.4, -0.2) is 38.8 Å². The Morgan fingerprint density at radius 2 is 1.96 bits per heavy atom. The summed E-state index contributed by atoms with van der Waals surface area (Å²) in [6, 6.07) is 13.3. The lowest BCUT2D eigenvalue weighted by Crippen LogP contribution is -2.43. The van der Waals surface area contributed by atoms with Gasteiger partial charge in [0, 0.05) is 18.8 Å². The van der Waals surface area contributed by atoms with Gasteiger partial charge in [0.05, 0.1) is 22.9 Å². The van der Waals surface area contributed by atoms with Crippen LogP contribution in [-0.2, 0) is 14.8 Å². The molecule has 1 N–H and O–H groups in total. The lowest BCUT2D eigenvalue weighted by Gasteiger charge is -2.31. The Balaban J connectivity index is 1.70. The van der Waals surface area contributed by atoms with Crippen molar-refractivity contribution < 1.29 is 17.9 Å². The van der Waals surface area contributed by atoms with Gasteiger partial charge in [0.2, 0.25) is 15.9 Å². The molecule has 0 aromatic heterocycles. The van der Waals surface area contributed by atoms with Crippen LogP contribution in [0.5, 0.6) is 5.75 Å². The van der Waals surface area contributed by atoms with Gasteiger partial charge in [-0.1, -0.05) is 29.8 Å². The van der Waals surface area contributed by atoms with E-state index in [1.807, 2.05) is 0 Å². The van der Waals surface area contributed by atoms with Crippen molar-refractivity contribution in [2.45, 2.75) is 17.7 Å². The number of piperidine rings is 1. The van der Waals surface area contributed by atoms with Gasteiger partial charge in [0.1, 0.15) is 5.75 Å². The van der Waals surface area contributed by atoms with Crippen LogP contribution >= 0.6 is 11.6 Å². The fourth-order valence-corrected chi connectivity index (χ4v) is 4.91. The first kappa shape index (κ1) is 19.7. The van der Waals surface area contributed by atoms with Crippen molar-refractivity contribution in [3.05, 3.63) is 53.6 Å². The van der Waals surface area contributed by atoms with Crippen molar-refractivity contribution in [1.82, 2.24) is 4.31 Å². The van der Waals surface area contributed by atoms with E-state index in [1.54, 1.807) is 48.5 Å². The molecule has 0 radical (unpaired) electrons. The van der Waals surface area contributed by atoms with Gasteiger partial charge < -0.3 is 10.1 Å². The number of carbonyl (C=O) groups is 1. The van der Waals surface area contributed by atoms with Crippen LogP contribution < -0.4 is 10.1 Å². The summed E-state index contributed by atoms with van der Waals surface area (Å²) in [4.78, 5) is 12.9. The number of rotatable bonds is 5. The first-order chi connectivity index (χ1) is 12.9. The van der Waals surface area contributed by atoms with E-state index in [0.29, 0.717) is 35.8 Å². The topological polar surface area (TPSA) is 75.7 Å². The molecule has 2 aromatic carbocycles. The first-order valence-corrected chi connectivity index (χ1v) is 10.4. The molecule has 144 valence electrons. The van der Waals surface area contributed by atoms with Gasteiger partial charge in [-0.2, -0.15) is 4.31 Å². The van der Waals surface area contributed by atoms with Gasteiger partial charge in [-0.3, -0.25) is 4.79 Å². The predicted octanol–water partition coefficient (Wildman–Crippen LogP) is 3.39. The SMILES string of the molecule is COc1ccc(NC(=O)C2CCCN(S(=O)(=O)c3ccccc3)C2)cc1Cl. The molecular formula is C19H21ClN2O4S. The summed E-state index contributed by atoms with van der Waals surface area (Å²) in [5.41, 5.74) is 0.550. The Hall–Kier alpha value is -2.09. The number of sulfonamides is 1. The van der Waals surface area contributed by atoms with Crippen molar-refractivity contribution >= 4 is 33.2 Å². The quantitative estimate of drug-likeness (QED) is 0.822. The fraction of sp³-hybridized carbons (Fsp3) is 0.316. The number of methoxy groups -OCH3 is 1. The smallest absolute Gasteiger partial charge is 0.243 e. The Kier molecular flexibility index (Phi) is 6.04. The summed E-state index contributed by atoms with van der Waals surface area (Å²) in [6.45, 7) is 0.572. The van der Waals surface area contributed by atoms with Crippen molar-refractivity contribution in [2.24, 2.45) is 5.92 Å². The number of hydrogen-bond donors (Lipinski definition) is 1. The van der Waals surface area contributed by atoms with Crippen LogP contribution in [0.1, 0.15) is 12.8 Å². The van der Waals surface area contributed by atoms with E-state index < -0.39 is 15.9 Å². The molecule has 0 spiro atoms. The largest absolute Gasteiger partial charge is 0.495 e. The minimum absolute atomic E-state index is 0.160. The second-order valence-electron chi connectivity index (χ2n) is 6.35. The van der Waals surface area contributed by atoms with Crippen LogP contribution in [0.3, 0.4) is 0 Å². The van der Waals surface area contributed by atoms with E-state index >= 15 is 0 Å². The van der Waals surface area contributed by atoms with Gasteiger partial charge in [-0.05, 0) is 43.2 Å². The maximum Gasteiger partial charge on any atom is 0.243 e. The Labute approximate surface area is 164 Å². The van der Waals surface area contributed by atoms with Crippen molar-refractivity contribution in [3.8, 4) is 5.75 Å². The van der Waals surface area contributed by atoms with Gasteiger partial charge >= 0.3 is 0 Å². The highest BCUT2D eigenvalue weighted by Crippen LogP contribution is 2.29. The average Bonchev–Trinajstić information content (AvgIpc) is 2.69. The molecule has 27 heavy (non-hydrogen) atoms. The molecule has 1 aliphatic rings. The monoisotopic (exact) mass is 408 g/mol. The van der Waals surface area contributed by atoms with Gasteiger partial charge in [0.25, 0.3) is 0 Å². The molecule has 0 saturated carbocycles. The van der Waals surface area contributed by atoms with Crippen molar-refractivity contribution in [1.29, 1.82) is 0 Å². The highest BCUT2D eigenvalue weighted by atomic mass is 35.5. The highest BCUT2D eigenvalue weighted by molar-refractivity contribution is 7.89. The third kappa shape index (κ3) is 4.43. The number of nitrogens with one attached hydrogen (secondary N) is 1. The molecule has 0 bridgehead atoms.